The number of carbonyl (C=O) groups is 3. The Hall–Kier alpha value is -2.77. The first-order chi connectivity index (χ1) is 15.3. The molecule has 8 heteroatoms. The summed E-state index contributed by atoms with van der Waals surface area (Å²) < 4.78 is 5.23. The quantitative estimate of drug-likeness (QED) is 0.593. The van der Waals surface area contributed by atoms with E-state index < -0.39 is 29.2 Å². The van der Waals surface area contributed by atoms with Gasteiger partial charge in [0.05, 0.1) is 0 Å². The van der Waals surface area contributed by atoms with E-state index in [2.05, 4.69) is 10.6 Å². The third kappa shape index (κ3) is 7.94. The van der Waals surface area contributed by atoms with Crippen LogP contribution in [-0.4, -0.2) is 51.6 Å². The molecule has 0 aromatic heterocycles. The van der Waals surface area contributed by atoms with Crippen molar-refractivity contribution in [3.05, 3.63) is 29.8 Å². The molecule has 0 aliphatic heterocycles. The zero-order valence-electron chi connectivity index (χ0n) is 20.7. The average Bonchev–Trinajstić information content (AvgIpc) is 2.69. The first kappa shape index (κ1) is 26.5. The largest absolute Gasteiger partial charge is 0.508 e. The van der Waals surface area contributed by atoms with Gasteiger partial charge in [-0.3, -0.25) is 9.59 Å². The fourth-order valence-electron chi connectivity index (χ4n) is 4.10. The Morgan fingerprint density at radius 2 is 1.67 bits per heavy atom. The molecule has 2 rings (SSSR count). The highest BCUT2D eigenvalue weighted by Crippen LogP contribution is 2.34. The van der Waals surface area contributed by atoms with Gasteiger partial charge in [0.1, 0.15) is 23.9 Å². The highest BCUT2D eigenvalue weighted by molar-refractivity contribution is 5.91. The number of phenols is 1. The van der Waals surface area contributed by atoms with Crippen molar-refractivity contribution >= 4 is 17.9 Å². The lowest BCUT2D eigenvalue weighted by molar-refractivity contribution is -0.146. The zero-order chi connectivity index (χ0) is 24.8. The maximum atomic E-state index is 13.6. The van der Waals surface area contributed by atoms with Gasteiger partial charge >= 0.3 is 6.09 Å². The van der Waals surface area contributed by atoms with E-state index in [4.69, 9.17) is 4.74 Å². The van der Waals surface area contributed by atoms with Crippen molar-refractivity contribution in [2.75, 3.05) is 6.54 Å². The Balaban J connectivity index is 2.34. The molecule has 1 atom stereocenters. The summed E-state index contributed by atoms with van der Waals surface area (Å²) in [7, 11) is 0. The molecule has 3 amide bonds. The molecule has 1 saturated carbocycles. The molecule has 33 heavy (non-hydrogen) atoms. The Kier molecular flexibility index (Phi) is 8.75. The van der Waals surface area contributed by atoms with Gasteiger partial charge < -0.3 is 25.4 Å². The number of hydrogen-bond acceptors (Lipinski definition) is 5. The van der Waals surface area contributed by atoms with Crippen molar-refractivity contribution in [3.63, 3.8) is 0 Å². The highest BCUT2D eigenvalue weighted by atomic mass is 16.6. The van der Waals surface area contributed by atoms with Crippen molar-refractivity contribution in [1.82, 2.24) is 15.5 Å². The second-order valence-electron chi connectivity index (χ2n) is 10.6. The van der Waals surface area contributed by atoms with Crippen LogP contribution in [0.2, 0.25) is 0 Å². The number of para-hydroxylation sites is 1. The van der Waals surface area contributed by atoms with Gasteiger partial charge in [0, 0.05) is 17.1 Å². The van der Waals surface area contributed by atoms with E-state index in [1.54, 1.807) is 39.0 Å². The Morgan fingerprint density at radius 3 is 2.21 bits per heavy atom. The SMILES string of the molecule is CC(C)(C)OC(=O)NCC(=O)N(C(C(=O)NC1CCCCC1)c1ccccc1O)C(C)(C)C. The van der Waals surface area contributed by atoms with Gasteiger partial charge in [-0.25, -0.2) is 4.79 Å². The maximum Gasteiger partial charge on any atom is 0.408 e. The number of benzene rings is 1. The summed E-state index contributed by atoms with van der Waals surface area (Å²) in [6.45, 7) is 10.3. The third-order valence-corrected chi connectivity index (χ3v) is 5.46. The molecule has 1 aliphatic rings. The van der Waals surface area contributed by atoms with E-state index in [0.29, 0.717) is 5.56 Å². The number of nitrogens with one attached hydrogen (secondary N) is 2. The third-order valence-electron chi connectivity index (χ3n) is 5.46. The summed E-state index contributed by atoms with van der Waals surface area (Å²) in [5.74, 6) is -0.868. The monoisotopic (exact) mass is 461 g/mol. The number of rotatable bonds is 6. The Labute approximate surface area is 197 Å². The molecular formula is C25H39N3O5. The van der Waals surface area contributed by atoms with Crippen molar-refractivity contribution in [2.24, 2.45) is 0 Å². The summed E-state index contributed by atoms with van der Waals surface area (Å²) in [6, 6.07) is 5.52. The molecule has 0 spiro atoms. The van der Waals surface area contributed by atoms with Crippen LogP contribution in [0.5, 0.6) is 5.75 Å². The van der Waals surface area contributed by atoms with Gasteiger partial charge in [0.2, 0.25) is 11.8 Å². The Bertz CT molecular complexity index is 835. The molecule has 0 radical (unpaired) electrons. The summed E-state index contributed by atoms with van der Waals surface area (Å²) >= 11 is 0. The van der Waals surface area contributed by atoms with Gasteiger partial charge in [-0.1, -0.05) is 37.5 Å². The first-order valence-electron chi connectivity index (χ1n) is 11.7. The van der Waals surface area contributed by atoms with Crippen molar-refractivity contribution < 1.29 is 24.2 Å². The van der Waals surface area contributed by atoms with E-state index in [0.717, 1.165) is 32.1 Å². The number of alkyl carbamates (subject to hydrolysis) is 1. The lowest BCUT2D eigenvalue weighted by Crippen LogP contribution is -2.56. The zero-order valence-corrected chi connectivity index (χ0v) is 20.7. The summed E-state index contributed by atoms with van der Waals surface area (Å²) in [5, 5.41) is 16.1. The molecule has 3 N–H and O–H groups in total. The number of amides is 3. The number of ether oxygens (including phenoxy) is 1. The molecule has 1 aliphatic carbocycles. The minimum atomic E-state index is -1.05. The van der Waals surface area contributed by atoms with Crippen LogP contribution in [-0.2, 0) is 14.3 Å². The molecule has 1 unspecified atom stereocenters. The normalized spacial score (nSPS) is 15.9. The predicted octanol–water partition coefficient (Wildman–Crippen LogP) is 4.03. The molecule has 0 heterocycles. The highest BCUT2D eigenvalue weighted by Gasteiger charge is 2.40. The molecule has 184 valence electrons. The predicted molar refractivity (Wildman–Crippen MR) is 127 cm³/mol. The van der Waals surface area contributed by atoms with Crippen LogP contribution < -0.4 is 10.6 Å². The number of aromatic hydroxyl groups is 1. The van der Waals surface area contributed by atoms with E-state index >= 15 is 0 Å². The minimum absolute atomic E-state index is 0.0383. The van der Waals surface area contributed by atoms with E-state index in [1.165, 1.54) is 11.0 Å². The molecule has 8 nitrogen and oxygen atoms in total. The van der Waals surface area contributed by atoms with E-state index in [-0.39, 0.29) is 24.2 Å². The van der Waals surface area contributed by atoms with Crippen LogP contribution in [0, 0.1) is 0 Å². The van der Waals surface area contributed by atoms with Crippen LogP contribution in [0.15, 0.2) is 24.3 Å². The van der Waals surface area contributed by atoms with Crippen LogP contribution in [0.25, 0.3) is 0 Å². The second kappa shape index (κ2) is 10.9. The van der Waals surface area contributed by atoms with Crippen LogP contribution in [0.1, 0.15) is 85.3 Å². The van der Waals surface area contributed by atoms with Gasteiger partial charge in [0.25, 0.3) is 0 Å². The molecule has 1 aromatic carbocycles. The van der Waals surface area contributed by atoms with Crippen molar-refractivity contribution in [2.45, 2.75) is 96.9 Å². The fourth-order valence-corrected chi connectivity index (χ4v) is 4.10. The van der Waals surface area contributed by atoms with Crippen molar-refractivity contribution in [1.29, 1.82) is 0 Å². The van der Waals surface area contributed by atoms with Crippen LogP contribution in [0.3, 0.4) is 0 Å². The summed E-state index contributed by atoms with van der Waals surface area (Å²) in [6.07, 6.45) is 4.32. The standard InChI is InChI=1S/C25H39N3O5/c1-24(2,3)28(20(30)16-26-23(32)33-25(4,5)6)21(18-14-10-11-15-19(18)29)22(31)27-17-12-8-7-9-13-17/h10-11,14-15,17,21,29H,7-9,12-13,16H2,1-6H3,(H,26,32)(H,27,31). The molecule has 0 bridgehead atoms. The molecule has 0 saturated heterocycles. The van der Waals surface area contributed by atoms with E-state index in [1.807, 2.05) is 20.8 Å². The van der Waals surface area contributed by atoms with Gasteiger partial charge in [0.15, 0.2) is 0 Å². The number of carbonyl (C=O) groups excluding carboxylic acids is 3. The van der Waals surface area contributed by atoms with Gasteiger partial charge in [-0.05, 0) is 60.5 Å². The summed E-state index contributed by atoms with van der Waals surface area (Å²) in [5.41, 5.74) is -1.13. The van der Waals surface area contributed by atoms with Gasteiger partial charge in [-0.15, -0.1) is 0 Å². The topological polar surface area (TPSA) is 108 Å². The average molecular weight is 462 g/mol. The number of phenolic OH excluding ortho intramolecular Hbond substituents is 1. The molecular weight excluding hydrogens is 422 g/mol. The lowest BCUT2D eigenvalue weighted by atomic mass is 9.93. The van der Waals surface area contributed by atoms with Crippen LogP contribution >= 0.6 is 0 Å². The molecule has 1 fully saturated rings. The number of hydrogen-bond donors (Lipinski definition) is 3. The smallest absolute Gasteiger partial charge is 0.408 e. The second-order valence-corrected chi connectivity index (χ2v) is 10.6. The van der Waals surface area contributed by atoms with Gasteiger partial charge in [-0.2, -0.15) is 0 Å². The molecule has 1 aromatic rings. The van der Waals surface area contributed by atoms with E-state index in [9.17, 15) is 19.5 Å². The number of nitrogens with zero attached hydrogens (tertiary/aromatic N) is 1. The van der Waals surface area contributed by atoms with Crippen molar-refractivity contribution in [3.8, 4) is 5.75 Å². The maximum absolute atomic E-state index is 13.6. The fraction of sp³-hybridized carbons (Fsp3) is 0.640. The minimum Gasteiger partial charge on any atom is -0.508 e. The van der Waals surface area contributed by atoms with Crippen LogP contribution in [0.4, 0.5) is 4.79 Å². The first-order valence-corrected chi connectivity index (χ1v) is 11.7. The summed E-state index contributed by atoms with van der Waals surface area (Å²) in [4.78, 5) is 40.5. The Morgan fingerprint density at radius 1 is 1.06 bits per heavy atom. The lowest BCUT2D eigenvalue weighted by Gasteiger charge is -2.42.